The normalized spacial score (nSPS) is 10.4. The van der Waals surface area contributed by atoms with Crippen LogP contribution in [0.25, 0.3) is 0 Å². The summed E-state index contributed by atoms with van der Waals surface area (Å²) in [6.07, 6.45) is 0.680. The van der Waals surface area contributed by atoms with E-state index in [0.29, 0.717) is 19.0 Å². The van der Waals surface area contributed by atoms with Gasteiger partial charge in [-0.1, -0.05) is 18.2 Å². The minimum atomic E-state index is 0.542. The molecule has 0 spiro atoms. The Bertz CT molecular complexity index is 523. The maximum atomic E-state index is 5.71. The zero-order chi connectivity index (χ0) is 13.0. The summed E-state index contributed by atoms with van der Waals surface area (Å²) in [5.41, 5.74) is 3.61. The summed E-state index contributed by atoms with van der Waals surface area (Å²) in [5, 5.41) is 7.93. The summed E-state index contributed by atoms with van der Waals surface area (Å²) < 4.78 is 7.51. The van der Waals surface area contributed by atoms with Crippen LogP contribution in [-0.2, 0) is 13.5 Å². The van der Waals surface area contributed by atoms with E-state index in [1.165, 1.54) is 0 Å². The summed E-state index contributed by atoms with van der Waals surface area (Å²) in [6.45, 7) is 2.58. The van der Waals surface area contributed by atoms with Crippen molar-refractivity contribution in [2.75, 3.05) is 12.0 Å². The highest BCUT2D eigenvalue weighted by Crippen LogP contribution is 2.16. The Morgan fingerprint density at radius 3 is 2.78 bits per heavy atom. The molecule has 1 aromatic carbocycles. The molecule has 0 radical (unpaired) electrons. The van der Waals surface area contributed by atoms with E-state index in [4.69, 9.17) is 10.6 Å². The number of aryl methyl sites for hydroxylation is 1. The maximum absolute atomic E-state index is 5.71. The van der Waals surface area contributed by atoms with Crippen LogP contribution >= 0.6 is 0 Å². The van der Waals surface area contributed by atoms with Gasteiger partial charge in [-0.3, -0.25) is 9.99 Å². The summed E-state index contributed by atoms with van der Waals surface area (Å²) in [7, 11) is 1.86. The first-order valence-corrected chi connectivity index (χ1v) is 5.75. The van der Waals surface area contributed by atoms with Crippen LogP contribution in [0.3, 0.4) is 0 Å². The molecule has 6 heteroatoms. The Labute approximate surface area is 106 Å². The van der Waals surface area contributed by atoms with Crippen molar-refractivity contribution in [1.29, 1.82) is 0 Å². The number of nitrogens with two attached hydrogens (primary N) is 1. The monoisotopic (exact) mass is 247 g/mol. The number of para-hydroxylation sites is 1. The smallest absolute Gasteiger partial charge is 0.238 e. The fourth-order valence-corrected chi connectivity index (χ4v) is 1.68. The van der Waals surface area contributed by atoms with Crippen LogP contribution in [0.5, 0.6) is 5.75 Å². The number of hydrogen-bond donors (Lipinski definition) is 2. The van der Waals surface area contributed by atoms with Gasteiger partial charge in [-0.15, -0.1) is 10.2 Å². The largest absolute Gasteiger partial charge is 0.493 e. The Balaban J connectivity index is 1.92. The maximum Gasteiger partial charge on any atom is 0.238 e. The topological polar surface area (TPSA) is 78.0 Å². The standard InChI is InChI=1S/C12H17N5O/c1-9-5-3-4-6-10(9)18-8-7-11-15-16-12(14-13)17(11)2/h3-6H,7-8,13H2,1-2H3,(H,14,16). The molecule has 0 fully saturated rings. The molecule has 1 aromatic heterocycles. The summed E-state index contributed by atoms with van der Waals surface area (Å²) in [5.74, 6) is 7.57. The average molecular weight is 247 g/mol. The number of anilines is 1. The molecule has 0 atom stereocenters. The zero-order valence-electron chi connectivity index (χ0n) is 10.6. The lowest BCUT2D eigenvalue weighted by atomic mass is 10.2. The predicted octanol–water partition coefficient (Wildman–Crippen LogP) is 1.03. The molecule has 0 aliphatic heterocycles. The fraction of sp³-hybridized carbons (Fsp3) is 0.333. The van der Waals surface area contributed by atoms with Crippen molar-refractivity contribution in [3.05, 3.63) is 35.7 Å². The second-order valence-electron chi connectivity index (χ2n) is 4.01. The van der Waals surface area contributed by atoms with Gasteiger partial charge in [0.15, 0.2) is 0 Å². The first kappa shape index (κ1) is 12.4. The van der Waals surface area contributed by atoms with Crippen molar-refractivity contribution in [1.82, 2.24) is 14.8 Å². The number of benzene rings is 1. The molecule has 0 saturated heterocycles. The van der Waals surface area contributed by atoms with Crippen LogP contribution in [-0.4, -0.2) is 21.4 Å². The Morgan fingerprint density at radius 1 is 1.33 bits per heavy atom. The molecule has 0 bridgehead atoms. The van der Waals surface area contributed by atoms with Crippen LogP contribution in [0.4, 0.5) is 5.95 Å². The highest BCUT2D eigenvalue weighted by Gasteiger charge is 2.07. The predicted molar refractivity (Wildman–Crippen MR) is 69.2 cm³/mol. The highest BCUT2D eigenvalue weighted by atomic mass is 16.5. The SMILES string of the molecule is Cc1ccccc1OCCc1nnc(NN)n1C. The summed E-state index contributed by atoms with van der Waals surface area (Å²) in [6, 6.07) is 7.93. The number of aromatic nitrogens is 3. The van der Waals surface area contributed by atoms with Crippen LogP contribution in [0, 0.1) is 6.92 Å². The molecule has 2 rings (SSSR count). The molecule has 0 unspecified atom stereocenters. The lowest BCUT2D eigenvalue weighted by Gasteiger charge is -2.08. The van der Waals surface area contributed by atoms with Crippen molar-refractivity contribution < 1.29 is 4.74 Å². The summed E-state index contributed by atoms with van der Waals surface area (Å²) >= 11 is 0. The third-order valence-electron chi connectivity index (χ3n) is 2.77. The van der Waals surface area contributed by atoms with Gasteiger partial charge < -0.3 is 4.74 Å². The van der Waals surface area contributed by atoms with Crippen molar-refractivity contribution in [2.45, 2.75) is 13.3 Å². The molecule has 1 heterocycles. The van der Waals surface area contributed by atoms with Crippen LogP contribution in [0.2, 0.25) is 0 Å². The van der Waals surface area contributed by atoms with Gasteiger partial charge >= 0.3 is 0 Å². The Hall–Kier alpha value is -2.08. The number of nitrogens with zero attached hydrogens (tertiary/aromatic N) is 3. The molecule has 0 saturated carbocycles. The third kappa shape index (κ3) is 2.60. The Morgan fingerprint density at radius 2 is 2.11 bits per heavy atom. The lowest BCUT2D eigenvalue weighted by Crippen LogP contribution is -2.13. The quantitative estimate of drug-likeness (QED) is 0.609. The zero-order valence-corrected chi connectivity index (χ0v) is 10.6. The highest BCUT2D eigenvalue weighted by molar-refractivity contribution is 5.31. The van der Waals surface area contributed by atoms with Crippen LogP contribution in [0.15, 0.2) is 24.3 Å². The van der Waals surface area contributed by atoms with E-state index in [2.05, 4.69) is 15.6 Å². The fourth-order valence-electron chi connectivity index (χ4n) is 1.68. The number of hydrazine groups is 1. The van der Waals surface area contributed by atoms with Gasteiger partial charge in [0.2, 0.25) is 5.95 Å². The van der Waals surface area contributed by atoms with Gasteiger partial charge in [0, 0.05) is 13.5 Å². The minimum Gasteiger partial charge on any atom is -0.493 e. The van der Waals surface area contributed by atoms with Gasteiger partial charge in [0.1, 0.15) is 11.6 Å². The average Bonchev–Trinajstić information content (AvgIpc) is 2.73. The second-order valence-corrected chi connectivity index (χ2v) is 4.01. The van der Waals surface area contributed by atoms with E-state index in [-0.39, 0.29) is 0 Å². The molecule has 6 nitrogen and oxygen atoms in total. The van der Waals surface area contributed by atoms with Crippen molar-refractivity contribution in [3.63, 3.8) is 0 Å². The number of nitrogen functional groups attached to an aromatic ring is 1. The molecule has 0 aliphatic carbocycles. The molecule has 0 amide bonds. The van der Waals surface area contributed by atoms with E-state index >= 15 is 0 Å². The van der Waals surface area contributed by atoms with Crippen molar-refractivity contribution in [3.8, 4) is 5.75 Å². The van der Waals surface area contributed by atoms with Gasteiger partial charge in [0.05, 0.1) is 6.61 Å². The van der Waals surface area contributed by atoms with Gasteiger partial charge in [-0.2, -0.15) is 0 Å². The van der Waals surface area contributed by atoms with E-state index in [1.807, 2.05) is 38.2 Å². The van der Waals surface area contributed by atoms with Crippen molar-refractivity contribution in [2.24, 2.45) is 12.9 Å². The molecule has 96 valence electrons. The lowest BCUT2D eigenvalue weighted by molar-refractivity contribution is 0.315. The van der Waals surface area contributed by atoms with Gasteiger partial charge in [-0.25, -0.2) is 5.84 Å². The van der Waals surface area contributed by atoms with Crippen LogP contribution < -0.4 is 16.0 Å². The number of rotatable bonds is 5. The second kappa shape index (κ2) is 5.50. The van der Waals surface area contributed by atoms with Gasteiger partial charge in [0.25, 0.3) is 0 Å². The van der Waals surface area contributed by atoms with E-state index in [0.717, 1.165) is 17.1 Å². The molecule has 0 aliphatic rings. The summed E-state index contributed by atoms with van der Waals surface area (Å²) in [4.78, 5) is 0. The molecule has 3 N–H and O–H groups in total. The van der Waals surface area contributed by atoms with E-state index in [9.17, 15) is 0 Å². The van der Waals surface area contributed by atoms with E-state index < -0.39 is 0 Å². The molecular weight excluding hydrogens is 230 g/mol. The number of ether oxygens (including phenoxy) is 1. The van der Waals surface area contributed by atoms with Crippen molar-refractivity contribution >= 4 is 5.95 Å². The Kier molecular flexibility index (Phi) is 3.78. The third-order valence-corrected chi connectivity index (χ3v) is 2.77. The van der Waals surface area contributed by atoms with Gasteiger partial charge in [-0.05, 0) is 18.6 Å². The van der Waals surface area contributed by atoms with E-state index in [1.54, 1.807) is 4.57 Å². The first-order chi connectivity index (χ1) is 8.72. The molecular formula is C12H17N5O. The number of nitrogens with one attached hydrogen (secondary N) is 1. The number of hydrogen-bond acceptors (Lipinski definition) is 5. The minimum absolute atomic E-state index is 0.542. The molecule has 2 aromatic rings. The first-order valence-electron chi connectivity index (χ1n) is 5.75. The molecule has 18 heavy (non-hydrogen) atoms. The van der Waals surface area contributed by atoms with Crippen LogP contribution in [0.1, 0.15) is 11.4 Å².